The van der Waals surface area contributed by atoms with E-state index in [-0.39, 0.29) is 5.78 Å². The molecule has 0 saturated carbocycles. The summed E-state index contributed by atoms with van der Waals surface area (Å²) in [6.45, 7) is 0. The van der Waals surface area contributed by atoms with Gasteiger partial charge >= 0.3 is 0 Å². The molecule has 1 aliphatic heterocycles. The summed E-state index contributed by atoms with van der Waals surface area (Å²) < 4.78 is 0. The summed E-state index contributed by atoms with van der Waals surface area (Å²) >= 11 is 0. The second-order valence-corrected chi connectivity index (χ2v) is 3.49. The maximum absolute atomic E-state index is 11.6. The highest BCUT2D eigenvalue weighted by Crippen LogP contribution is 2.25. The van der Waals surface area contributed by atoms with Gasteiger partial charge in [0.15, 0.2) is 11.6 Å². The molecule has 0 fully saturated rings. The third-order valence-electron chi connectivity index (χ3n) is 2.49. The zero-order valence-corrected chi connectivity index (χ0v) is 7.97. The number of benzene rings is 1. The van der Waals surface area contributed by atoms with E-state index in [1.165, 1.54) is 0 Å². The lowest BCUT2D eigenvalue weighted by Gasteiger charge is -2.08. The van der Waals surface area contributed by atoms with E-state index in [0.29, 0.717) is 17.8 Å². The average molecular weight is 196 g/mol. The van der Waals surface area contributed by atoms with Crippen LogP contribution in [0, 0.1) is 0 Å². The highest BCUT2D eigenvalue weighted by atomic mass is 16.1. The number of aliphatic imine (C=N–C) groups is 1. The predicted octanol–water partition coefficient (Wildman–Crippen LogP) is 2.52. The quantitative estimate of drug-likeness (QED) is 0.649. The van der Waals surface area contributed by atoms with Crippen molar-refractivity contribution in [1.82, 2.24) is 4.98 Å². The van der Waals surface area contributed by atoms with Crippen LogP contribution in [0.15, 0.2) is 35.3 Å². The Morgan fingerprint density at radius 2 is 2.07 bits per heavy atom. The van der Waals surface area contributed by atoms with Gasteiger partial charge in [0.25, 0.3) is 0 Å². The van der Waals surface area contributed by atoms with E-state index in [4.69, 9.17) is 0 Å². The van der Waals surface area contributed by atoms with Gasteiger partial charge in [-0.15, -0.1) is 0 Å². The van der Waals surface area contributed by atoms with Gasteiger partial charge in [0.2, 0.25) is 0 Å². The van der Waals surface area contributed by atoms with Gasteiger partial charge < -0.3 is 0 Å². The Bertz CT molecular complexity index is 587. The fourth-order valence-electron chi connectivity index (χ4n) is 1.73. The maximum Gasteiger partial charge on any atom is 0.172 e. The number of aromatic nitrogens is 1. The summed E-state index contributed by atoms with van der Waals surface area (Å²) in [7, 11) is 0. The molecular formula is C12H8N2O. The first-order valence-corrected chi connectivity index (χ1v) is 4.80. The van der Waals surface area contributed by atoms with Crippen LogP contribution < -0.4 is 0 Å². The molecule has 1 aromatic carbocycles. The molecule has 72 valence electrons. The van der Waals surface area contributed by atoms with Crippen LogP contribution in [-0.2, 0) is 0 Å². The van der Waals surface area contributed by atoms with Crippen LogP contribution in [0.2, 0.25) is 0 Å². The number of para-hydroxylation sites is 1. The summed E-state index contributed by atoms with van der Waals surface area (Å²) in [5.41, 5.74) is 1.51. The van der Waals surface area contributed by atoms with Crippen LogP contribution in [-0.4, -0.2) is 17.0 Å². The molecule has 0 saturated heterocycles. The molecule has 2 heterocycles. The highest BCUT2D eigenvalue weighted by molar-refractivity contribution is 6.11. The minimum absolute atomic E-state index is 0.0956. The molecule has 0 aliphatic carbocycles. The Kier molecular flexibility index (Phi) is 1.65. The molecule has 1 aromatic heterocycles. The molecule has 3 nitrogen and oxygen atoms in total. The Morgan fingerprint density at radius 3 is 3.00 bits per heavy atom. The van der Waals surface area contributed by atoms with Crippen molar-refractivity contribution < 1.29 is 4.79 Å². The monoisotopic (exact) mass is 196 g/mol. The fourth-order valence-corrected chi connectivity index (χ4v) is 1.73. The first-order valence-electron chi connectivity index (χ1n) is 4.80. The molecule has 0 N–H and O–H groups in total. The second-order valence-electron chi connectivity index (χ2n) is 3.49. The van der Waals surface area contributed by atoms with E-state index in [2.05, 4.69) is 9.98 Å². The summed E-state index contributed by atoms with van der Waals surface area (Å²) in [5, 5.41) is 0.988. The molecule has 3 heteroatoms. The van der Waals surface area contributed by atoms with Crippen molar-refractivity contribution >= 4 is 28.7 Å². The van der Waals surface area contributed by atoms with E-state index in [1.807, 2.05) is 30.3 Å². The average Bonchev–Trinajstić information content (AvgIpc) is 2.27. The summed E-state index contributed by atoms with van der Waals surface area (Å²) in [6.07, 6.45) is 2.00. The molecular weight excluding hydrogens is 188 g/mol. The van der Waals surface area contributed by atoms with E-state index < -0.39 is 0 Å². The number of ketones is 1. The lowest BCUT2D eigenvalue weighted by molar-refractivity contribution is 0.100. The van der Waals surface area contributed by atoms with Crippen molar-refractivity contribution in [2.75, 3.05) is 0 Å². The Morgan fingerprint density at radius 1 is 1.20 bits per heavy atom. The number of hydrogen-bond acceptors (Lipinski definition) is 3. The minimum atomic E-state index is 0.0956. The SMILES string of the molecule is O=C1CC=Nc2nc3ccccc3cc21. The normalized spacial score (nSPS) is 14.3. The lowest BCUT2D eigenvalue weighted by Crippen LogP contribution is -2.05. The number of rotatable bonds is 0. The van der Waals surface area contributed by atoms with Crippen LogP contribution >= 0.6 is 0 Å². The topological polar surface area (TPSA) is 42.3 Å². The van der Waals surface area contributed by atoms with Gasteiger partial charge in [0, 0.05) is 18.0 Å². The summed E-state index contributed by atoms with van der Waals surface area (Å²) in [4.78, 5) is 20.1. The van der Waals surface area contributed by atoms with Crippen molar-refractivity contribution in [2.45, 2.75) is 6.42 Å². The molecule has 0 radical (unpaired) electrons. The molecule has 3 rings (SSSR count). The highest BCUT2D eigenvalue weighted by Gasteiger charge is 2.15. The van der Waals surface area contributed by atoms with E-state index >= 15 is 0 Å². The zero-order chi connectivity index (χ0) is 10.3. The first-order chi connectivity index (χ1) is 7.34. The van der Waals surface area contributed by atoms with Gasteiger partial charge in [-0.25, -0.2) is 9.98 Å². The lowest BCUT2D eigenvalue weighted by atomic mass is 10.0. The van der Waals surface area contributed by atoms with E-state index in [0.717, 1.165) is 10.9 Å². The standard InChI is InChI=1S/C12H8N2O/c15-11-5-6-13-12-9(11)7-8-3-1-2-4-10(8)14-12/h1-4,6-7H,5H2. The fraction of sp³-hybridized carbons (Fsp3) is 0.0833. The van der Waals surface area contributed by atoms with Crippen molar-refractivity contribution in [3.05, 3.63) is 35.9 Å². The Labute approximate surface area is 86.5 Å². The first kappa shape index (κ1) is 8.29. The van der Waals surface area contributed by atoms with E-state index in [9.17, 15) is 4.79 Å². The van der Waals surface area contributed by atoms with Gasteiger partial charge in [-0.2, -0.15) is 0 Å². The Hall–Kier alpha value is -2.03. The number of carbonyl (C=O) groups is 1. The van der Waals surface area contributed by atoms with Gasteiger partial charge in [-0.3, -0.25) is 4.79 Å². The number of fused-ring (bicyclic) bond motifs is 2. The van der Waals surface area contributed by atoms with Gasteiger partial charge in [-0.05, 0) is 12.1 Å². The van der Waals surface area contributed by atoms with Gasteiger partial charge in [-0.1, -0.05) is 18.2 Å². The van der Waals surface area contributed by atoms with Crippen molar-refractivity contribution in [3.63, 3.8) is 0 Å². The van der Waals surface area contributed by atoms with Crippen molar-refractivity contribution in [3.8, 4) is 0 Å². The Balaban J connectivity index is 2.38. The van der Waals surface area contributed by atoms with Crippen LogP contribution in [0.25, 0.3) is 10.9 Å². The molecule has 0 atom stereocenters. The molecule has 0 amide bonds. The van der Waals surface area contributed by atoms with Crippen LogP contribution in [0.1, 0.15) is 16.8 Å². The van der Waals surface area contributed by atoms with Gasteiger partial charge in [0.1, 0.15) is 0 Å². The van der Waals surface area contributed by atoms with Gasteiger partial charge in [0.05, 0.1) is 11.1 Å². The molecule has 1 aliphatic rings. The molecule has 0 unspecified atom stereocenters. The third-order valence-corrected chi connectivity index (χ3v) is 2.49. The minimum Gasteiger partial charge on any atom is -0.294 e. The molecule has 15 heavy (non-hydrogen) atoms. The number of carbonyl (C=O) groups excluding carboxylic acids is 1. The predicted molar refractivity (Wildman–Crippen MR) is 58.8 cm³/mol. The van der Waals surface area contributed by atoms with Crippen LogP contribution in [0.4, 0.5) is 5.82 Å². The summed E-state index contributed by atoms with van der Waals surface area (Å²) in [6, 6.07) is 9.61. The molecule has 2 aromatic rings. The maximum atomic E-state index is 11.6. The summed E-state index contributed by atoms with van der Waals surface area (Å²) in [5.74, 6) is 0.642. The van der Waals surface area contributed by atoms with Crippen molar-refractivity contribution in [1.29, 1.82) is 0 Å². The second kappa shape index (κ2) is 2.98. The number of Topliss-reactive ketones (excluding diaryl/α,β-unsaturated/α-hetero) is 1. The van der Waals surface area contributed by atoms with Crippen molar-refractivity contribution in [2.24, 2.45) is 4.99 Å². The molecule has 0 spiro atoms. The molecule has 0 bridgehead atoms. The number of nitrogens with zero attached hydrogens (tertiary/aromatic N) is 2. The van der Waals surface area contributed by atoms with Crippen LogP contribution in [0.5, 0.6) is 0 Å². The van der Waals surface area contributed by atoms with Crippen LogP contribution in [0.3, 0.4) is 0 Å². The largest absolute Gasteiger partial charge is 0.294 e. The van der Waals surface area contributed by atoms with E-state index in [1.54, 1.807) is 6.21 Å². The number of hydrogen-bond donors (Lipinski definition) is 0. The number of pyridine rings is 1. The zero-order valence-electron chi connectivity index (χ0n) is 7.97. The smallest absolute Gasteiger partial charge is 0.172 e. The third kappa shape index (κ3) is 1.24.